The molecular weight excluding hydrogens is 366 g/mol. The van der Waals surface area contributed by atoms with Gasteiger partial charge in [-0.15, -0.1) is 0 Å². The number of ether oxygens (including phenoxy) is 2. The number of benzene rings is 1. The second kappa shape index (κ2) is 9.56. The van der Waals surface area contributed by atoms with Crippen LogP contribution in [0.2, 0.25) is 0 Å². The van der Waals surface area contributed by atoms with Crippen molar-refractivity contribution in [1.82, 2.24) is 9.80 Å². The van der Waals surface area contributed by atoms with Crippen LogP contribution in [0.5, 0.6) is 0 Å². The van der Waals surface area contributed by atoms with Gasteiger partial charge in [-0.2, -0.15) is 0 Å². The summed E-state index contributed by atoms with van der Waals surface area (Å²) in [6.45, 7) is 7.09. The van der Waals surface area contributed by atoms with Gasteiger partial charge in [-0.25, -0.2) is 0 Å². The number of nitrogens with zero attached hydrogens (tertiary/aromatic N) is 2. The lowest BCUT2D eigenvalue weighted by molar-refractivity contribution is -0.121. The molecule has 29 heavy (non-hydrogen) atoms. The van der Waals surface area contributed by atoms with Gasteiger partial charge >= 0.3 is 0 Å². The van der Waals surface area contributed by atoms with Gasteiger partial charge in [0.05, 0.1) is 26.4 Å². The van der Waals surface area contributed by atoms with E-state index < -0.39 is 0 Å². The normalized spacial score (nSPS) is 31.2. The number of amides is 1. The highest BCUT2D eigenvalue weighted by atomic mass is 16.5. The maximum absolute atomic E-state index is 12.6. The first-order valence-corrected chi connectivity index (χ1v) is 11.1. The minimum Gasteiger partial charge on any atom is -0.384 e. The Balaban J connectivity index is 1.36. The fourth-order valence-electron chi connectivity index (χ4n) is 5.71. The number of piperidine rings is 1. The van der Waals surface area contributed by atoms with Gasteiger partial charge in [-0.1, -0.05) is 18.2 Å². The number of carbonyl (C=O) groups is 1. The van der Waals surface area contributed by atoms with Gasteiger partial charge in [0.1, 0.15) is 0 Å². The largest absolute Gasteiger partial charge is 0.384 e. The standard InChI is InChI=1S/C23H35N3O3/c1-28-18-23-9-7-21(26-11-13-29-14-12-26)15-19(23)8-10-25(17-23)16-22(27)24-20-5-3-2-4-6-20/h2-6,19,21H,7-18H2,1H3,(H,24,27)/t19-,21-,23+/m1/s1. The number of methoxy groups -OCH3 is 1. The maximum atomic E-state index is 12.6. The maximum Gasteiger partial charge on any atom is 0.238 e. The number of fused-ring (bicyclic) bond motifs is 1. The monoisotopic (exact) mass is 401 g/mol. The summed E-state index contributed by atoms with van der Waals surface area (Å²) in [6, 6.07) is 10.4. The number of anilines is 1. The number of hydrogen-bond donors (Lipinski definition) is 1. The van der Waals surface area contributed by atoms with Crippen molar-refractivity contribution in [3.8, 4) is 0 Å². The molecule has 4 rings (SSSR count). The van der Waals surface area contributed by atoms with Crippen molar-refractivity contribution in [2.75, 3.05) is 65.0 Å². The Kier molecular flexibility index (Phi) is 6.85. The first kappa shape index (κ1) is 20.8. The van der Waals surface area contributed by atoms with Crippen LogP contribution in [0.25, 0.3) is 0 Å². The Morgan fingerprint density at radius 2 is 2.00 bits per heavy atom. The van der Waals surface area contributed by atoms with E-state index in [1.807, 2.05) is 37.4 Å². The molecule has 0 bridgehead atoms. The van der Waals surface area contributed by atoms with Crippen molar-refractivity contribution in [2.45, 2.75) is 31.7 Å². The molecule has 3 fully saturated rings. The topological polar surface area (TPSA) is 54.0 Å². The van der Waals surface area contributed by atoms with Crippen LogP contribution in [0.15, 0.2) is 30.3 Å². The summed E-state index contributed by atoms with van der Waals surface area (Å²) >= 11 is 0. The number of likely N-dealkylation sites (tertiary alicyclic amines) is 1. The predicted molar refractivity (Wildman–Crippen MR) is 114 cm³/mol. The second-order valence-corrected chi connectivity index (χ2v) is 8.98. The van der Waals surface area contributed by atoms with E-state index in [9.17, 15) is 4.79 Å². The molecule has 0 radical (unpaired) electrons. The fourth-order valence-corrected chi connectivity index (χ4v) is 5.71. The Hall–Kier alpha value is -1.47. The summed E-state index contributed by atoms with van der Waals surface area (Å²) in [5.74, 6) is 0.752. The Bertz CT molecular complexity index is 665. The predicted octanol–water partition coefficient (Wildman–Crippen LogP) is 2.46. The zero-order valence-corrected chi connectivity index (χ0v) is 17.6. The van der Waals surface area contributed by atoms with E-state index in [0.717, 1.165) is 58.1 Å². The molecular formula is C23H35N3O3. The summed E-state index contributed by atoms with van der Waals surface area (Å²) < 4.78 is 11.3. The van der Waals surface area contributed by atoms with Gasteiger partial charge in [0.15, 0.2) is 0 Å². The average molecular weight is 402 g/mol. The number of para-hydroxylation sites is 1. The molecule has 0 spiro atoms. The van der Waals surface area contributed by atoms with Crippen LogP contribution in [-0.2, 0) is 14.3 Å². The lowest BCUT2D eigenvalue weighted by Gasteiger charge is -2.54. The van der Waals surface area contributed by atoms with Crippen molar-refractivity contribution < 1.29 is 14.3 Å². The lowest BCUT2D eigenvalue weighted by Crippen LogP contribution is -2.57. The highest BCUT2D eigenvalue weighted by Gasteiger charge is 2.48. The van der Waals surface area contributed by atoms with Gasteiger partial charge in [-0.05, 0) is 50.3 Å². The molecule has 2 saturated heterocycles. The molecule has 0 aromatic heterocycles. The van der Waals surface area contributed by atoms with E-state index >= 15 is 0 Å². The smallest absolute Gasteiger partial charge is 0.238 e. The zero-order chi connectivity index (χ0) is 20.1. The Labute approximate surface area is 174 Å². The zero-order valence-electron chi connectivity index (χ0n) is 17.6. The molecule has 1 amide bonds. The number of carbonyl (C=O) groups excluding carboxylic acids is 1. The van der Waals surface area contributed by atoms with Crippen LogP contribution in [-0.4, -0.2) is 81.4 Å². The molecule has 1 N–H and O–H groups in total. The Morgan fingerprint density at radius 3 is 2.76 bits per heavy atom. The van der Waals surface area contributed by atoms with Gasteiger partial charge < -0.3 is 14.8 Å². The van der Waals surface area contributed by atoms with Gasteiger partial charge in [0.25, 0.3) is 0 Å². The third-order valence-electron chi connectivity index (χ3n) is 7.15. The highest BCUT2D eigenvalue weighted by Crippen LogP contribution is 2.47. The van der Waals surface area contributed by atoms with E-state index in [0.29, 0.717) is 18.5 Å². The molecule has 3 atom stereocenters. The van der Waals surface area contributed by atoms with Crippen molar-refractivity contribution >= 4 is 11.6 Å². The summed E-state index contributed by atoms with van der Waals surface area (Å²) in [5.41, 5.74) is 1.05. The van der Waals surface area contributed by atoms with Crippen LogP contribution in [0.4, 0.5) is 5.69 Å². The highest BCUT2D eigenvalue weighted by molar-refractivity contribution is 5.92. The van der Waals surface area contributed by atoms with E-state index in [2.05, 4.69) is 15.1 Å². The molecule has 1 aromatic rings. The van der Waals surface area contributed by atoms with Crippen molar-refractivity contribution in [3.63, 3.8) is 0 Å². The molecule has 2 heterocycles. The summed E-state index contributed by atoms with van der Waals surface area (Å²) in [6.07, 6.45) is 4.82. The summed E-state index contributed by atoms with van der Waals surface area (Å²) in [7, 11) is 1.82. The molecule has 3 aliphatic rings. The van der Waals surface area contributed by atoms with Crippen LogP contribution in [0.1, 0.15) is 25.7 Å². The molecule has 1 saturated carbocycles. The molecule has 6 heteroatoms. The van der Waals surface area contributed by atoms with Gasteiger partial charge in [0.2, 0.25) is 5.91 Å². The molecule has 1 aliphatic carbocycles. The van der Waals surface area contributed by atoms with Crippen LogP contribution in [0.3, 0.4) is 0 Å². The van der Waals surface area contributed by atoms with Crippen LogP contribution >= 0.6 is 0 Å². The fraction of sp³-hybridized carbons (Fsp3) is 0.696. The SMILES string of the molecule is COC[C@@]12CC[C@@H](N3CCOCC3)C[C@H]1CCN(CC(=O)Nc1ccccc1)C2. The van der Waals surface area contributed by atoms with E-state index in [4.69, 9.17) is 9.47 Å². The molecule has 6 nitrogen and oxygen atoms in total. The van der Waals surface area contributed by atoms with E-state index in [1.54, 1.807) is 0 Å². The minimum atomic E-state index is 0.0734. The third kappa shape index (κ3) is 5.00. The van der Waals surface area contributed by atoms with Crippen LogP contribution in [0, 0.1) is 11.3 Å². The third-order valence-corrected chi connectivity index (χ3v) is 7.15. The Morgan fingerprint density at radius 1 is 1.21 bits per heavy atom. The number of nitrogens with one attached hydrogen (secondary N) is 1. The first-order valence-electron chi connectivity index (χ1n) is 11.1. The van der Waals surface area contributed by atoms with Crippen molar-refractivity contribution in [2.24, 2.45) is 11.3 Å². The number of morpholine rings is 1. The molecule has 0 unspecified atom stereocenters. The first-order chi connectivity index (χ1) is 14.2. The van der Waals surface area contributed by atoms with Crippen LogP contribution < -0.4 is 5.32 Å². The molecule has 160 valence electrons. The minimum absolute atomic E-state index is 0.0734. The van der Waals surface area contributed by atoms with Crippen molar-refractivity contribution in [1.29, 1.82) is 0 Å². The molecule has 2 aliphatic heterocycles. The van der Waals surface area contributed by atoms with Gasteiger partial charge in [0, 0.05) is 43.9 Å². The van der Waals surface area contributed by atoms with Crippen molar-refractivity contribution in [3.05, 3.63) is 30.3 Å². The lowest BCUT2D eigenvalue weighted by atomic mass is 9.62. The number of hydrogen-bond acceptors (Lipinski definition) is 5. The van der Waals surface area contributed by atoms with E-state index in [1.165, 1.54) is 19.3 Å². The summed E-state index contributed by atoms with van der Waals surface area (Å²) in [4.78, 5) is 17.5. The quantitative estimate of drug-likeness (QED) is 0.794. The number of rotatable bonds is 6. The average Bonchev–Trinajstić information content (AvgIpc) is 2.75. The summed E-state index contributed by atoms with van der Waals surface area (Å²) in [5, 5.41) is 3.03. The van der Waals surface area contributed by atoms with Gasteiger partial charge in [-0.3, -0.25) is 14.6 Å². The van der Waals surface area contributed by atoms with E-state index in [-0.39, 0.29) is 11.3 Å². The molecule has 1 aromatic carbocycles. The second-order valence-electron chi connectivity index (χ2n) is 8.98.